The smallest absolute Gasteiger partial charge is 0.325 e. The highest BCUT2D eigenvalue weighted by molar-refractivity contribution is 6.42. The molecule has 0 unspecified atom stereocenters. The maximum Gasteiger partial charge on any atom is 0.325 e. The molecule has 4 amide bonds. The van der Waals surface area contributed by atoms with Crippen molar-refractivity contribution in [2.75, 3.05) is 17.7 Å². The Hall–Kier alpha value is -3.69. The lowest BCUT2D eigenvalue weighted by Gasteiger charge is -2.46. The van der Waals surface area contributed by atoms with Gasteiger partial charge >= 0.3 is 6.03 Å². The third-order valence-electron chi connectivity index (χ3n) is 6.43. The molecular formula is C26H26Cl2N6O3. The van der Waals surface area contributed by atoms with Crippen LogP contribution in [0.3, 0.4) is 0 Å². The van der Waals surface area contributed by atoms with Gasteiger partial charge in [-0.1, -0.05) is 42.3 Å². The molecular weight excluding hydrogens is 515 g/mol. The molecule has 0 bridgehead atoms. The van der Waals surface area contributed by atoms with Crippen molar-refractivity contribution in [3.8, 4) is 0 Å². The number of benzene rings is 1. The van der Waals surface area contributed by atoms with Crippen LogP contribution >= 0.6 is 23.2 Å². The van der Waals surface area contributed by atoms with Gasteiger partial charge < -0.3 is 16.0 Å². The molecule has 1 aliphatic heterocycles. The zero-order valence-electron chi connectivity index (χ0n) is 20.3. The zero-order valence-corrected chi connectivity index (χ0v) is 21.8. The second-order valence-electron chi connectivity index (χ2n) is 8.71. The van der Waals surface area contributed by atoms with Gasteiger partial charge in [0.2, 0.25) is 5.91 Å². The summed E-state index contributed by atoms with van der Waals surface area (Å²) in [4.78, 5) is 50.7. The number of urea groups is 1. The number of halogens is 2. The summed E-state index contributed by atoms with van der Waals surface area (Å²) >= 11 is 12.5. The van der Waals surface area contributed by atoms with Crippen molar-refractivity contribution < 1.29 is 14.4 Å². The zero-order chi connectivity index (χ0) is 26.7. The summed E-state index contributed by atoms with van der Waals surface area (Å²) in [5, 5.41) is 3.53. The molecule has 1 saturated heterocycles. The Morgan fingerprint density at radius 3 is 2.57 bits per heavy atom. The Labute approximate surface area is 224 Å². The Kier molecular flexibility index (Phi) is 7.94. The first-order valence-electron chi connectivity index (χ1n) is 11.7. The van der Waals surface area contributed by atoms with Crippen LogP contribution in [0, 0.1) is 5.92 Å². The van der Waals surface area contributed by atoms with E-state index in [0.29, 0.717) is 33.5 Å². The fourth-order valence-corrected chi connectivity index (χ4v) is 4.87. The Bertz CT molecular complexity index is 1320. The van der Waals surface area contributed by atoms with Crippen LogP contribution in [0.4, 0.5) is 16.3 Å². The van der Waals surface area contributed by atoms with Gasteiger partial charge in [0.1, 0.15) is 11.9 Å². The van der Waals surface area contributed by atoms with Crippen LogP contribution in [0.5, 0.6) is 0 Å². The first-order chi connectivity index (χ1) is 17.7. The molecule has 3 N–H and O–H groups in total. The highest BCUT2D eigenvalue weighted by Crippen LogP contribution is 2.35. The number of rotatable bonds is 7. The molecule has 1 aromatic carbocycles. The van der Waals surface area contributed by atoms with E-state index in [-0.39, 0.29) is 6.42 Å². The first-order valence-corrected chi connectivity index (χ1v) is 12.4. The molecule has 3 heterocycles. The van der Waals surface area contributed by atoms with E-state index in [1.807, 2.05) is 6.92 Å². The van der Waals surface area contributed by atoms with Gasteiger partial charge in [-0.15, -0.1) is 0 Å². The highest BCUT2D eigenvalue weighted by atomic mass is 35.5. The molecule has 3 atom stereocenters. The molecule has 3 aromatic rings. The average molecular weight is 541 g/mol. The second kappa shape index (κ2) is 11.1. The van der Waals surface area contributed by atoms with Crippen molar-refractivity contribution >= 4 is 52.6 Å². The highest BCUT2D eigenvalue weighted by Gasteiger charge is 2.55. The summed E-state index contributed by atoms with van der Waals surface area (Å²) < 4.78 is 0. The lowest BCUT2D eigenvalue weighted by molar-refractivity contribution is -0.156. The number of likely N-dealkylation sites (tertiary alicyclic amines) is 1. The molecule has 4 rings (SSSR count). The standard InChI is InChI=1S/C26H26Cl2N6O3/c1-3-20(17-5-4-6-19(27)22(17)28)32-26(37)34-23(25(36)33(2)16-8-10-30-11-9-16)18(24(34)35)13-15-7-12-31-21(29)14-15/h4-12,14,18,20,23H,3,13H2,1-2H3,(H2,29,31)(H,32,37)/t18-,20-,23+/m1/s1. The fourth-order valence-electron chi connectivity index (χ4n) is 4.43. The van der Waals surface area contributed by atoms with Crippen LogP contribution in [0.15, 0.2) is 61.1 Å². The van der Waals surface area contributed by atoms with E-state index in [9.17, 15) is 14.4 Å². The van der Waals surface area contributed by atoms with Crippen LogP contribution < -0.4 is 16.0 Å². The monoisotopic (exact) mass is 540 g/mol. The number of nitrogens with one attached hydrogen (secondary N) is 1. The summed E-state index contributed by atoms with van der Waals surface area (Å²) in [7, 11) is 1.60. The molecule has 1 fully saturated rings. The van der Waals surface area contributed by atoms with Crippen molar-refractivity contribution in [2.45, 2.75) is 31.8 Å². The molecule has 1 aliphatic rings. The number of nitrogens with zero attached hydrogens (tertiary/aromatic N) is 4. The van der Waals surface area contributed by atoms with Gasteiger partial charge in [0, 0.05) is 31.3 Å². The predicted molar refractivity (Wildman–Crippen MR) is 142 cm³/mol. The first kappa shape index (κ1) is 26.4. The predicted octanol–water partition coefficient (Wildman–Crippen LogP) is 4.26. The van der Waals surface area contributed by atoms with Crippen LogP contribution in [0.25, 0.3) is 0 Å². The van der Waals surface area contributed by atoms with Crippen LogP contribution in [0.2, 0.25) is 10.0 Å². The van der Waals surface area contributed by atoms with Crippen LogP contribution in [0.1, 0.15) is 30.5 Å². The number of anilines is 2. The van der Waals surface area contributed by atoms with Crippen molar-refractivity contribution in [1.29, 1.82) is 0 Å². The Balaban J connectivity index is 1.61. The van der Waals surface area contributed by atoms with E-state index in [0.717, 1.165) is 10.5 Å². The molecule has 192 valence electrons. The quantitative estimate of drug-likeness (QED) is 0.431. The lowest BCUT2D eigenvalue weighted by Crippen LogP contribution is -2.70. The fraction of sp³-hybridized carbons (Fsp3) is 0.269. The molecule has 2 aromatic heterocycles. The van der Waals surface area contributed by atoms with E-state index < -0.39 is 35.8 Å². The van der Waals surface area contributed by atoms with Gasteiger partial charge in [-0.25, -0.2) is 9.78 Å². The minimum Gasteiger partial charge on any atom is -0.384 e. The number of hydrogen-bond donors (Lipinski definition) is 2. The normalized spacial score (nSPS) is 17.6. The molecule has 37 heavy (non-hydrogen) atoms. The van der Waals surface area contributed by atoms with E-state index in [4.69, 9.17) is 28.9 Å². The Morgan fingerprint density at radius 2 is 1.89 bits per heavy atom. The largest absolute Gasteiger partial charge is 0.384 e. The maximum absolute atomic E-state index is 13.6. The average Bonchev–Trinajstić information content (AvgIpc) is 2.90. The molecule has 0 aliphatic carbocycles. The maximum atomic E-state index is 13.6. The van der Waals surface area contributed by atoms with Gasteiger partial charge in [0.25, 0.3) is 5.91 Å². The van der Waals surface area contributed by atoms with E-state index in [2.05, 4.69) is 15.3 Å². The topological polar surface area (TPSA) is 122 Å². The number of amides is 4. The summed E-state index contributed by atoms with van der Waals surface area (Å²) in [5.41, 5.74) is 7.75. The van der Waals surface area contributed by atoms with E-state index >= 15 is 0 Å². The SMILES string of the molecule is CC[C@@H](NC(=O)N1C(=O)[C@H](Cc2ccnc(N)c2)[C@H]1C(=O)N(C)c1ccncc1)c1cccc(Cl)c1Cl. The van der Waals surface area contributed by atoms with E-state index in [1.165, 1.54) is 4.90 Å². The minimum absolute atomic E-state index is 0.229. The third-order valence-corrected chi connectivity index (χ3v) is 7.26. The number of pyridine rings is 2. The summed E-state index contributed by atoms with van der Waals surface area (Å²) in [6, 6.07) is 9.67. The van der Waals surface area contributed by atoms with Crippen LogP contribution in [-0.4, -0.2) is 45.8 Å². The summed E-state index contributed by atoms with van der Waals surface area (Å²) in [6.07, 6.45) is 5.38. The molecule has 11 heteroatoms. The van der Waals surface area contributed by atoms with Crippen molar-refractivity contribution in [3.63, 3.8) is 0 Å². The van der Waals surface area contributed by atoms with Crippen molar-refractivity contribution in [1.82, 2.24) is 20.2 Å². The van der Waals surface area contributed by atoms with Gasteiger partial charge in [-0.2, -0.15) is 0 Å². The third kappa shape index (κ3) is 5.38. The number of carbonyl (C=O) groups excluding carboxylic acids is 3. The van der Waals surface area contributed by atoms with Gasteiger partial charge in [0.05, 0.1) is 22.0 Å². The second-order valence-corrected chi connectivity index (χ2v) is 9.49. The number of imide groups is 1. The number of hydrogen-bond acceptors (Lipinski definition) is 6. The van der Waals surface area contributed by atoms with Gasteiger partial charge in [-0.3, -0.25) is 19.5 Å². The number of β-lactam (4-membered cyclic amide) rings is 1. The van der Waals surface area contributed by atoms with Crippen molar-refractivity contribution in [3.05, 3.63) is 82.2 Å². The summed E-state index contributed by atoms with van der Waals surface area (Å²) in [6.45, 7) is 1.87. The number of likely N-dealkylation sites (N-methyl/N-ethyl adjacent to an activating group) is 1. The molecule has 0 radical (unpaired) electrons. The molecule has 0 saturated carbocycles. The van der Waals surface area contributed by atoms with Crippen LogP contribution in [-0.2, 0) is 16.0 Å². The minimum atomic E-state index is -1.02. The molecule has 9 nitrogen and oxygen atoms in total. The lowest BCUT2D eigenvalue weighted by atomic mass is 9.81. The van der Waals surface area contributed by atoms with E-state index in [1.54, 1.807) is 68.1 Å². The van der Waals surface area contributed by atoms with Gasteiger partial charge in [-0.05, 0) is 54.3 Å². The molecule has 0 spiro atoms. The number of nitrogens with two attached hydrogens (primary N) is 1. The van der Waals surface area contributed by atoms with Gasteiger partial charge in [0.15, 0.2) is 0 Å². The van der Waals surface area contributed by atoms with Crippen molar-refractivity contribution in [2.24, 2.45) is 5.92 Å². The Morgan fingerprint density at radius 1 is 1.16 bits per heavy atom. The number of aromatic nitrogens is 2. The number of nitrogen functional groups attached to an aromatic ring is 1. The number of carbonyl (C=O) groups is 3. The summed E-state index contributed by atoms with van der Waals surface area (Å²) in [5.74, 6) is -1.30.